The lowest BCUT2D eigenvalue weighted by Crippen LogP contribution is -2.45. The van der Waals surface area contributed by atoms with Crippen LogP contribution in [0.1, 0.15) is 15.9 Å². The number of nitrogens with zero attached hydrogens (tertiary/aromatic N) is 3. The minimum Gasteiger partial charge on any atom is -0.481 e. The van der Waals surface area contributed by atoms with Crippen LogP contribution in [-0.4, -0.2) is 29.2 Å². The van der Waals surface area contributed by atoms with Crippen molar-refractivity contribution in [2.45, 2.75) is 12.3 Å². The van der Waals surface area contributed by atoms with E-state index in [-0.39, 0.29) is 10.7 Å². The second-order valence-corrected chi connectivity index (χ2v) is 6.03. The van der Waals surface area contributed by atoms with Gasteiger partial charge in [0.25, 0.3) is 5.91 Å². The molecule has 0 saturated carbocycles. The number of anilines is 1. The van der Waals surface area contributed by atoms with E-state index >= 15 is 0 Å². The van der Waals surface area contributed by atoms with E-state index in [1.165, 1.54) is 13.3 Å². The first kappa shape index (κ1) is 19.7. The Morgan fingerprint density at radius 1 is 1.29 bits per heavy atom. The SMILES string of the molecule is COc1cc(N2C=CC=CC2NC(=O)c2cc(C(F)(F)F)cnc2Cl)ccn1. The highest BCUT2D eigenvalue weighted by molar-refractivity contribution is 6.32. The summed E-state index contributed by atoms with van der Waals surface area (Å²) in [6.07, 6.45) is 3.62. The van der Waals surface area contributed by atoms with E-state index < -0.39 is 23.8 Å². The second-order valence-electron chi connectivity index (χ2n) is 5.67. The first-order chi connectivity index (χ1) is 13.3. The van der Waals surface area contributed by atoms with Gasteiger partial charge in [-0.1, -0.05) is 17.7 Å². The third-order valence-corrected chi connectivity index (χ3v) is 4.17. The van der Waals surface area contributed by atoms with Gasteiger partial charge in [0.2, 0.25) is 5.88 Å². The van der Waals surface area contributed by atoms with Crippen molar-refractivity contribution in [3.63, 3.8) is 0 Å². The van der Waals surface area contributed by atoms with Gasteiger partial charge in [-0.3, -0.25) is 4.79 Å². The number of carbonyl (C=O) groups is 1. The molecule has 2 aromatic heterocycles. The molecule has 146 valence electrons. The van der Waals surface area contributed by atoms with Crippen LogP contribution in [-0.2, 0) is 6.18 Å². The molecule has 28 heavy (non-hydrogen) atoms. The van der Waals surface area contributed by atoms with Gasteiger partial charge in [-0.05, 0) is 24.3 Å². The molecule has 1 N–H and O–H groups in total. The van der Waals surface area contributed by atoms with E-state index in [4.69, 9.17) is 16.3 Å². The summed E-state index contributed by atoms with van der Waals surface area (Å²) in [6, 6.07) is 4.03. The van der Waals surface area contributed by atoms with E-state index in [0.29, 0.717) is 23.8 Å². The predicted octanol–water partition coefficient (Wildman–Crippen LogP) is 3.80. The van der Waals surface area contributed by atoms with Crippen molar-refractivity contribution in [1.29, 1.82) is 0 Å². The molecule has 0 fully saturated rings. The maximum atomic E-state index is 12.9. The fourth-order valence-corrected chi connectivity index (χ4v) is 2.70. The Hall–Kier alpha value is -3.07. The fourth-order valence-electron chi connectivity index (χ4n) is 2.51. The third-order valence-electron chi connectivity index (χ3n) is 3.87. The molecule has 0 radical (unpaired) electrons. The average Bonchev–Trinajstić information content (AvgIpc) is 2.67. The number of aromatic nitrogens is 2. The number of alkyl halides is 3. The van der Waals surface area contributed by atoms with Crippen molar-refractivity contribution in [3.05, 3.63) is 71.3 Å². The largest absolute Gasteiger partial charge is 0.481 e. The quantitative estimate of drug-likeness (QED) is 0.776. The van der Waals surface area contributed by atoms with Crippen LogP contribution in [0.4, 0.5) is 18.9 Å². The molecule has 1 atom stereocenters. The number of carbonyl (C=O) groups excluding carboxylic acids is 1. The van der Waals surface area contributed by atoms with E-state index in [1.54, 1.807) is 41.5 Å². The Kier molecular flexibility index (Phi) is 5.55. The van der Waals surface area contributed by atoms with Crippen LogP contribution >= 0.6 is 11.6 Å². The van der Waals surface area contributed by atoms with E-state index in [0.717, 1.165) is 0 Å². The van der Waals surface area contributed by atoms with Crippen LogP contribution in [0.2, 0.25) is 5.15 Å². The Balaban J connectivity index is 1.86. The normalized spacial score (nSPS) is 16.2. The second kappa shape index (κ2) is 7.89. The van der Waals surface area contributed by atoms with Crippen molar-refractivity contribution in [1.82, 2.24) is 15.3 Å². The fraction of sp³-hybridized carbons (Fsp3) is 0.167. The van der Waals surface area contributed by atoms with Crippen LogP contribution in [0.15, 0.2) is 55.0 Å². The number of nitrogens with one attached hydrogen (secondary N) is 1. The van der Waals surface area contributed by atoms with Gasteiger partial charge < -0.3 is 15.0 Å². The zero-order valence-corrected chi connectivity index (χ0v) is 15.2. The molecule has 1 amide bonds. The van der Waals surface area contributed by atoms with Crippen molar-refractivity contribution >= 4 is 23.2 Å². The molecular formula is C18H14ClF3N4O2. The van der Waals surface area contributed by atoms with E-state index in [9.17, 15) is 18.0 Å². The number of amides is 1. The summed E-state index contributed by atoms with van der Waals surface area (Å²) < 4.78 is 43.8. The lowest BCUT2D eigenvalue weighted by molar-refractivity contribution is -0.137. The molecule has 0 aromatic carbocycles. The maximum absolute atomic E-state index is 12.9. The highest BCUT2D eigenvalue weighted by atomic mass is 35.5. The van der Waals surface area contributed by atoms with Crippen LogP contribution in [0.25, 0.3) is 0 Å². The van der Waals surface area contributed by atoms with Crippen LogP contribution in [0, 0.1) is 0 Å². The topological polar surface area (TPSA) is 67.3 Å². The number of methoxy groups -OCH3 is 1. The summed E-state index contributed by atoms with van der Waals surface area (Å²) >= 11 is 5.84. The number of allylic oxidation sites excluding steroid dienone is 2. The number of hydrogen-bond acceptors (Lipinski definition) is 5. The molecule has 0 aliphatic carbocycles. The highest BCUT2D eigenvalue weighted by Crippen LogP contribution is 2.31. The summed E-state index contributed by atoms with van der Waals surface area (Å²) in [5, 5.41) is 2.32. The van der Waals surface area contributed by atoms with Gasteiger partial charge in [-0.25, -0.2) is 9.97 Å². The Bertz CT molecular complexity index is 947. The van der Waals surface area contributed by atoms with Crippen LogP contribution in [0.3, 0.4) is 0 Å². The van der Waals surface area contributed by atoms with Crippen molar-refractivity contribution in [2.75, 3.05) is 12.0 Å². The zero-order chi connectivity index (χ0) is 20.3. The van der Waals surface area contributed by atoms with Gasteiger partial charge in [0, 0.05) is 30.3 Å². The van der Waals surface area contributed by atoms with Crippen molar-refractivity contribution in [2.24, 2.45) is 0 Å². The van der Waals surface area contributed by atoms with Gasteiger partial charge in [0.05, 0.1) is 18.2 Å². The first-order valence-electron chi connectivity index (χ1n) is 7.96. The first-order valence-corrected chi connectivity index (χ1v) is 8.34. The standard InChI is InChI=1S/C18H14ClF3N4O2/c1-28-15-9-12(5-6-23-15)26-7-3-2-4-14(26)25-17(27)13-8-11(18(20,21)22)10-24-16(13)19/h2-10,14H,1H3,(H,25,27). The predicted molar refractivity (Wildman–Crippen MR) is 97.1 cm³/mol. The summed E-state index contributed by atoms with van der Waals surface area (Å²) in [5.74, 6) is -0.421. The van der Waals surface area contributed by atoms with Gasteiger partial charge in [-0.15, -0.1) is 0 Å². The summed E-state index contributed by atoms with van der Waals surface area (Å²) in [7, 11) is 1.47. The molecule has 0 saturated heterocycles. The molecule has 3 heterocycles. The molecule has 2 aromatic rings. The zero-order valence-electron chi connectivity index (χ0n) is 14.4. The molecular weight excluding hydrogens is 397 g/mol. The highest BCUT2D eigenvalue weighted by Gasteiger charge is 2.33. The number of halogens is 4. The molecule has 1 aliphatic rings. The van der Waals surface area contributed by atoms with E-state index in [1.807, 2.05) is 0 Å². The minimum absolute atomic E-state index is 0.321. The third kappa shape index (κ3) is 4.25. The smallest absolute Gasteiger partial charge is 0.417 e. The lowest BCUT2D eigenvalue weighted by atomic mass is 10.1. The summed E-state index contributed by atoms with van der Waals surface area (Å²) in [5.41, 5.74) is -0.769. The van der Waals surface area contributed by atoms with Crippen molar-refractivity contribution in [3.8, 4) is 5.88 Å². The Morgan fingerprint density at radius 3 is 2.79 bits per heavy atom. The Morgan fingerprint density at radius 2 is 2.07 bits per heavy atom. The number of rotatable bonds is 4. The van der Waals surface area contributed by atoms with Crippen LogP contribution in [0.5, 0.6) is 5.88 Å². The number of hydrogen-bond donors (Lipinski definition) is 1. The molecule has 10 heteroatoms. The molecule has 6 nitrogen and oxygen atoms in total. The van der Waals surface area contributed by atoms with E-state index in [2.05, 4.69) is 15.3 Å². The molecule has 3 rings (SSSR count). The summed E-state index contributed by atoms with van der Waals surface area (Å²) in [6.45, 7) is 0. The molecule has 1 aliphatic heterocycles. The van der Waals surface area contributed by atoms with Gasteiger partial charge in [0.1, 0.15) is 11.3 Å². The number of pyridine rings is 2. The molecule has 1 unspecified atom stereocenters. The number of ether oxygens (including phenoxy) is 1. The van der Waals surface area contributed by atoms with Crippen molar-refractivity contribution < 1.29 is 22.7 Å². The lowest BCUT2D eigenvalue weighted by Gasteiger charge is -2.31. The average molecular weight is 411 g/mol. The minimum atomic E-state index is -4.64. The molecule has 0 spiro atoms. The van der Waals surface area contributed by atoms with Gasteiger partial charge in [0.15, 0.2) is 0 Å². The molecule has 0 bridgehead atoms. The van der Waals surface area contributed by atoms with Crippen LogP contribution < -0.4 is 15.0 Å². The van der Waals surface area contributed by atoms with Gasteiger partial charge in [-0.2, -0.15) is 13.2 Å². The summed E-state index contributed by atoms with van der Waals surface area (Å²) in [4.78, 5) is 21.8. The van der Waals surface area contributed by atoms with Gasteiger partial charge >= 0.3 is 6.18 Å². The Labute approximate surface area is 163 Å². The maximum Gasteiger partial charge on any atom is 0.417 e. The monoisotopic (exact) mass is 410 g/mol.